The summed E-state index contributed by atoms with van der Waals surface area (Å²) in [6, 6.07) is 4.61. The molecule has 0 N–H and O–H groups in total. The fraction of sp³-hybridized carbons (Fsp3) is 0.522. The van der Waals surface area contributed by atoms with Crippen LogP contribution in [0.15, 0.2) is 18.2 Å². The maximum Gasteiger partial charge on any atom is 0.306 e. The van der Waals surface area contributed by atoms with Gasteiger partial charge in [0.25, 0.3) is 17.7 Å². The van der Waals surface area contributed by atoms with Gasteiger partial charge in [0.1, 0.15) is 0 Å². The van der Waals surface area contributed by atoms with Crippen LogP contribution in [0.5, 0.6) is 0 Å². The minimum atomic E-state index is -0.397. The van der Waals surface area contributed by atoms with Gasteiger partial charge in [0, 0.05) is 44.7 Å². The monoisotopic (exact) mass is 443 g/mol. The van der Waals surface area contributed by atoms with E-state index in [-0.39, 0.29) is 54.6 Å². The molecule has 0 bridgehead atoms. The van der Waals surface area contributed by atoms with Crippen molar-refractivity contribution >= 4 is 29.6 Å². The van der Waals surface area contributed by atoms with Gasteiger partial charge in [0.05, 0.1) is 24.2 Å². The Bertz CT molecular complexity index is 934. The summed E-state index contributed by atoms with van der Waals surface area (Å²) in [4.78, 5) is 66.3. The molecule has 4 amide bonds. The van der Waals surface area contributed by atoms with E-state index in [4.69, 9.17) is 4.74 Å². The third-order valence-corrected chi connectivity index (χ3v) is 5.53. The zero-order valence-electron chi connectivity index (χ0n) is 18.8. The van der Waals surface area contributed by atoms with Crippen molar-refractivity contribution in [3.8, 4) is 0 Å². The van der Waals surface area contributed by atoms with E-state index < -0.39 is 5.97 Å². The molecular formula is C23H29N3O6. The molecular weight excluding hydrogens is 414 g/mol. The summed E-state index contributed by atoms with van der Waals surface area (Å²) >= 11 is 0. The Balaban J connectivity index is 1.59. The average Bonchev–Trinajstić information content (AvgIpc) is 3.01. The lowest BCUT2D eigenvalue weighted by atomic mass is 10.0. The molecule has 9 heteroatoms. The molecule has 2 aliphatic rings. The number of amides is 4. The second kappa shape index (κ2) is 9.93. The second-order valence-electron chi connectivity index (χ2n) is 8.35. The summed E-state index contributed by atoms with van der Waals surface area (Å²) in [6.45, 7) is 7.65. The van der Waals surface area contributed by atoms with Gasteiger partial charge in [-0.2, -0.15) is 0 Å². The van der Waals surface area contributed by atoms with Crippen molar-refractivity contribution < 1.29 is 28.7 Å². The molecule has 1 saturated heterocycles. The van der Waals surface area contributed by atoms with E-state index >= 15 is 0 Å². The van der Waals surface area contributed by atoms with Gasteiger partial charge >= 0.3 is 5.97 Å². The Labute approximate surface area is 187 Å². The minimum Gasteiger partial charge on any atom is -0.466 e. The number of carbonyl (C=O) groups is 5. The van der Waals surface area contributed by atoms with Crippen LogP contribution in [0.2, 0.25) is 0 Å². The Hall–Kier alpha value is -3.23. The summed E-state index contributed by atoms with van der Waals surface area (Å²) in [7, 11) is 0. The molecule has 1 aromatic rings. The Morgan fingerprint density at radius 2 is 1.56 bits per heavy atom. The van der Waals surface area contributed by atoms with Crippen LogP contribution >= 0.6 is 0 Å². The number of esters is 1. The van der Waals surface area contributed by atoms with Gasteiger partial charge in [0.15, 0.2) is 0 Å². The molecule has 0 aromatic heterocycles. The van der Waals surface area contributed by atoms with Crippen molar-refractivity contribution in [1.82, 2.24) is 14.7 Å². The predicted octanol–water partition coefficient (Wildman–Crippen LogP) is 1.57. The first-order valence-corrected chi connectivity index (χ1v) is 11.0. The van der Waals surface area contributed by atoms with Gasteiger partial charge in [-0.25, -0.2) is 0 Å². The summed E-state index contributed by atoms with van der Waals surface area (Å²) in [5.74, 6) is -1.33. The molecule has 0 atom stereocenters. The zero-order chi connectivity index (χ0) is 23.4. The summed E-state index contributed by atoms with van der Waals surface area (Å²) < 4.78 is 4.84. The number of ether oxygens (including phenoxy) is 1. The van der Waals surface area contributed by atoms with E-state index in [1.54, 1.807) is 22.8 Å². The maximum atomic E-state index is 13.0. The van der Waals surface area contributed by atoms with Crippen LogP contribution in [0.25, 0.3) is 0 Å². The minimum absolute atomic E-state index is 0.0432. The maximum absolute atomic E-state index is 13.0. The topological polar surface area (TPSA) is 104 Å². The van der Waals surface area contributed by atoms with Crippen molar-refractivity contribution in [3.63, 3.8) is 0 Å². The van der Waals surface area contributed by atoms with Crippen LogP contribution in [-0.2, 0) is 14.3 Å². The number of rotatable bonds is 7. The Kier molecular flexibility index (Phi) is 7.27. The molecule has 0 aliphatic carbocycles. The largest absolute Gasteiger partial charge is 0.466 e. The predicted molar refractivity (Wildman–Crippen MR) is 115 cm³/mol. The van der Waals surface area contributed by atoms with E-state index in [1.807, 2.05) is 13.8 Å². The number of fused-ring (bicyclic) bond motifs is 1. The lowest BCUT2D eigenvalue weighted by Gasteiger charge is -2.35. The highest BCUT2D eigenvalue weighted by Gasteiger charge is 2.36. The smallest absolute Gasteiger partial charge is 0.306 e. The van der Waals surface area contributed by atoms with Crippen LogP contribution in [0.4, 0.5) is 0 Å². The van der Waals surface area contributed by atoms with Gasteiger partial charge in [-0.05, 0) is 31.0 Å². The van der Waals surface area contributed by atoms with Gasteiger partial charge in [-0.1, -0.05) is 13.8 Å². The lowest BCUT2D eigenvalue weighted by Crippen LogP contribution is -2.50. The highest BCUT2D eigenvalue weighted by molar-refractivity contribution is 6.22. The molecule has 0 saturated carbocycles. The SMILES string of the molecule is CCOC(=O)CCC(=O)N1CCN(C(=O)c2ccc3c(c2)C(=O)N(CC(C)C)C3=O)CC1. The number of nitrogens with zero attached hydrogens (tertiary/aromatic N) is 3. The molecule has 2 aliphatic heterocycles. The van der Waals surface area contributed by atoms with E-state index in [0.717, 1.165) is 0 Å². The molecule has 2 heterocycles. The number of imide groups is 1. The highest BCUT2D eigenvalue weighted by Crippen LogP contribution is 2.25. The summed E-state index contributed by atoms with van der Waals surface area (Å²) in [5.41, 5.74) is 0.928. The first-order valence-electron chi connectivity index (χ1n) is 11.0. The standard InChI is InChI=1S/C23H29N3O6/c1-4-32-20(28)8-7-19(27)24-9-11-25(12-10-24)21(29)16-5-6-17-18(13-16)23(31)26(22(17)30)14-15(2)3/h5-6,13,15H,4,7-12,14H2,1-3H3. The second-order valence-corrected chi connectivity index (χ2v) is 8.35. The van der Waals surface area contributed by atoms with E-state index in [0.29, 0.717) is 43.9 Å². The van der Waals surface area contributed by atoms with Crippen molar-refractivity contribution in [1.29, 1.82) is 0 Å². The molecule has 9 nitrogen and oxygen atoms in total. The van der Waals surface area contributed by atoms with Crippen LogP contribution in [-0.4, -0.2) is 83.6 Å². The van der Waals surface area contributed by atoms with Gasteiger partial charge in [0.2, 0.25) is 5.91 Å². The quantitative estimate of drug-likeness (QED) is 0.468. The first-order chi connectivity index (χ1) is 15.2. The van der Waals surface area contributed by atoms with Gasteiger partial charge < -0.3 is 14.5 Å². The van der Waals surface area contributed by atoms with E-state index in [2.05, 4.69) is 0 Å². The highest BCUT2D eigenvalue weighted by atomic mass is 16.5. The first kappa shape index (κ1) is 23.4. The van der Waals surface area contributed by atoms with Crippen LogP contribution in [0.1, 0.15) is 64.7 Å². The molecule has 0 unspecified atom stereocenters. The van der Waals surface area contributed by atoms with Crippen molar-refractivity contribution in [3.05, 3.63) is 34.9 Å². The molecule has 32 heavy (non-hydrogen) atoms. The number of piperazine rings is 1. The Morgan fingerprint density at radius 1 is 0.938 bits per heavy atom. The van der Waals surface area contributed by atoms with Gasteiger partial charge in [-0.15, -0.1) is 0 Å². The molecule has 0 spiro atoms. The molecule has 1 aromatic carbocycles. The molecule has 172 valence electrons. The van der Waals surface area contributed by atoms with Gasteiger partial charge in [-0.3, -0.25) is 28.9 Å². The molecule has 0 radical (unpaired) electrons. The van der Waals surface area contributed by atoms with Crippen molar-refractivity contribution in [2.45, 2.75) is 33.6 Å². The van der Waals surface area contributed by atoms with E-state index in [1.165, 1.54) is 17.0 Å². The molecule has 3 rings (SSSR count). The zero-order valence-corrected chi connectivity index (χ0v) is 18.8. The third kappa shape index (κ3) is 4.98. The number of hydrogen-bond acceptors (Lipinski definition) is 6. The van der Waals surface area contributed by atoms with Crippen molar-refractivity contribution in [2.24, 2.45) is 5.92 Å². The van der Waals surface area contributed by atoms with E-state index in [9.17, 15) is 24.0 Å². The number of carbonyl (C=O) groups excluding carboxylic acids is 5. The van der Waals surface area contributed by atoms with Crippen LogP contribution in [0, 0.1) is 5.92 Å². The Morgan fingerprint density at radius 3 is 2.19 bits per heavy atom. The molecule has 1 fully saturated rings. The lowest BCUT2D eigenvalue weighted by molar-refractivity contribution is -0.146. The van der Waals surface area contributed by atoms with Crippen LogP contribution in [0.3, 0.4) is 0 Å². The summed E-state index contributed by atoms with van der Waals surface area (Å²) in [5, 5.41) is 0. The average molecular weight is 444 g/mol. The third-order valence-electron chi connectivity index (χ3n) is 5.53. The van der Waals surface area contributed by atoms with Crippen molar-refractivity contribution in [2.75, 3.05) is 39.3 Å². The fourth-order valence-corrected chi connectivity index (χ4v) is 3.90. The van der Waals surface area contributed by atoms with Crippen LogP contribution < -0.4 is 0 Å². The number of hydrogen-bond donors (Lipinski definition) is 0. The summed E-state index contributed by atoms with van der Waals surface area (Å²) in [6.07, 6.45) is 0.127. The normalized spacial score (nSPS) is 15.9. The number of benzene rings is 1. The fourth-order valence-electron chi connectivity index (χ4n) is 3.90.